The van der Waals surface area contributed by atoms with Gasteiger partial charge in [0.2, 0.25) is 5.91 Å². The molecule has 0 aliphatic carbocycles. The molecular formula is C17H27NO3. The van der Waals surface area contributed by atoms with E-state index in [0.717, 1.165) is 12.8 Å². The van der Waals surface area contributed by atoms with Crippen LogP contribution in [0.25, 0.3) is 0 Å². The minimum absolute atomic E-state index is 0.00802. The number of carbonyl (C=O) groups excluding carboxylic acids is 1. The Morgan fingerprint density at radius 3 is 2.57 bits per heavy atom. The van der Waals surface area contributed by atoms with Gasteiger partial charge >= 0.3 is 0 Å². The zero-order valence-electron chi connectivity index (χ0n) is 13.6. The van der Waals surface area contributed by atoms with Gasteiger partial charge in [-0.05, 0) is 18.6 Å². The average Bonchev–Trinajstić information content (AvgIpc) is 2.51. The van der Waals surface area contributed by atoms with Crippen molar-refractivity contribution in [2.45, 2.75) is 46.0 Å². The van der Waals surface area contributed by atoms with Crippen LogP contribution >= 0.6 is 0 Å². The van der Waals surface area contributed by atoms with Gasteiger partial charge < -0.3 is 14.8 Å². The molecule has 0 radical (unpaired) electrons. The highest BCUT2D eigenvalue weighted by atomic mass is 16.5. The molecule has 1 atom stereocenters. The number of ether oxygens (including phenoxy) is 2. The summed E-state index contributed by atoms with van der Waals surface area (Å²) in [6.45, 7) is 4.16. The van der Waals surface area contributed by atoms with Crippen LogP contribution in [0.2, 0.25) is 0 Å². The van der Waals surface area contributed by atoms with Crippen molar-refractivity contribution in [1.29, 1.82) is 0 Å². The van der Waals surface area contributed by atoms with E-state index in [2.05, 4.69) is 12.2 Å². The van der Waals surface area contributed by atoms with Gasteiger partial charge in [0.1, 0.15) is 11.5 Å². The zero-order chi connectivity index (χ0) is 15.7. The Morgan fingerprint density at radius 1 is 1.19 bits per heavy atom. The van der Waals surface area contributed by atoms with Gasteiger partial charge in [-0.2, -0.15) is 0 Å². The Bertz CT molecular complexity index is 446. The molecule has 1 N–H and O–H groups in total. The first-order valence-corrected chi connectivity index (χ1v) is 7.65. The molecule has 1 rings (SSSR count). The predicted octanol–water partition coefficient (Wildman–Crippen LogP) is 4.25. The fourth-order valence-electron chi connectivity index (χ4n) is 2.17. The maximum atomic E-state index is 12.2. The number of rotatable bonds is 9. The van der Waals surface area contributed by atoms with Crippen LogP contribution in [0.4, 0.5) is 5.69 Å². The molecule has 0 heterocycles. The third kappa shape index (κ3) is 5.66. The van der Waals surface area contributed by atoms with E-state index < -0.39 is 0 Å². The maximum Gasteiger partial charge on any atom is 0.227 e. The van der Waals surface area contributed by atoms with Gasteiger partial charge in [0.05, 0.1) is 19.9 Å². The molecule has 0 saturated heterocycles. The number of anilines is 1. The van der Waals surface area contributed by atoms with Gasteiger partial charge in [-0.1, -0.05) is 39.5 Å². The van der Waals surface area contributed by atoms with Crippen molar-refractivity contribution in [3.8, 4) is 11.5 Å². The normalized spacial score (nSPS) is 11.8. The lowest BCUT2D eigenvalue weighted by molar-refractivity contribution is -0.119. The number of benzene rings is 1. The largest absolute Gasteiger partial charge is 0.497 e. The van der Waals surface area contributed by atoms with Crippen molar-refractivity contribution in [3.05, 3.63) is 18.2 Å². The Balaban J connectivity index is 2.57. The molecule has 4 heteroatoms. The molecule has 1 aromatic carbocycles. The number of nitrogens with one attached hydrogen (secondary N) is 1. The summed E-state index contributed by atoms with van der Waals surface area (Å²) < 4.78 is 10.4. The number of hydrogen-bond donors (Lipinski definition) is 1. The average molecular weight is 293 g/mol. The molecular weight excluding hydrogens is 266 g/mol. The van der Waals surface area contributed by atoms with Crippen molar-refractivity contribution in [2.24, 2.45) is 5.92 Å². The topological polar surface area (TPSA) is 47.6 Å². The second-order valence-corrected chi connectivity index (χ2v) is 5.31. The fraction of sp³-hybridized carbons (Fsp3) is 0.588. The van der Waals surface area contributed by atoms with Gasteiger partial charge in [0, 0.05) is 12.0 Å². The molecule has 0 spiro atoms. The SMILES string of the molecule is CCCCCCC(C)C(=O)Nc1ccc(OC)cc1OC. The van der Waals surface area contributed by atoms with Gasteiger partial charge in [0.15, 0.2) is 0 Å². The second kappa shape index (κ2) is 9.27. The zero-order valence-corrected chi connectivity index (χ0v) is 13.6. The molecule has 21 heavy (non-hydrogen) atoms. The molecule has 0 fully saturated rings. The number of unbranched alkanes of at least 4 members (excludes halogenated alkanes) is 3. The number of hydrogen-bond acceptors (Lipinski definition) is 3. The van der Waals surface area contributed by atoms with E-state index in [1.165, 1.54) is 19.3 Å². The lowest BCUT2D eigenvalue weighted by Crippen LogP contribution is -2.20. The molecule has 118 valence electrons. The smallest absolute Gasteiger partial charge is 0.227 e. The monoisotopic (exact) mass is 293 g/mol. The van der Waals surface area contributed by atoms with E-state index in [1.807, 2.05) is 13.0 Å². The molecule has 1 aromatic rings. The second-order valence-electron chi connectivity index (χ2n) is 5.31. The summed E-state index contributed by atoms with van der Waals surface area (Å²) in [6.07, 6.45) is 5.66. The van der Waals surface area contributed by atoms with Crippen LogP contribution in [0.5, 0.6) is 11.5 Å². The first kappa shape index (κ1) is 17.3. The summed E-state index contributed by atoms with van der Waals surface area (Å²) in [5, 5.41) is 2.93. The van der Waals surface area contributed by atoms with E-state index in [-0.39, 0.29) is 11.8 Å². The number of carbonyl (C=O) groups is 1. The maximum absolute atomic E-state index is 12.2. The van der Waals surface area contributed by atoms with E-state index in [4.69, 9.17) is 9.47 Å². The molecule has 0 aromatic heterocycles. The third-order valence-electron chi connectivity index (χ3n) is 3.60. The Morgan fingerprint density at radius 2 is 1.95 bits per heavy atom. The minimum Gasteiger partial charge on any atom is -0.497 e. The Hall–Kier alpha value is -1.71. The minimum atomic E-state index is 0.00802. The molecule has 0 saturated carbocycles. The molecule has 4 nitrogen and oxygen atoms in total. The molecule has 1 unspecified atom stereocenters. The first-order valence-electron chi connectivity index (χ1n) is 7.65. The summed E-state index contributed by atoms with van der Waals surface area (Å²) >= 11 is 0. The van der Waals surface area contributed by atoms with Crippen molar-refractivity contribution in [1.82, 2.24) is 0 Å². The summed E-state index contributed by atoms with van der Waals surface area (Å²) in [4.78, 5) is 12.2. The molecule has 0 aliphatic heterocycles. The van der Waals surface area contributed by atoms with Gasteiger partial charge in [0.25, 0.3) is 0 Å². The van der Waals surface area contributed by atoms with E-state index in [1.54, 1.807) is 26.4 Å². The highest BCUT2D eigenvalue weighted by Gasteiger charge is 2.15. The van der Waals surface area contributed by atoms with Crippen molar-refractivity contribution < 1.29 is 14.3 Å². The first-order chi connectivity index (χ1) is 10.1. The lowest BCUT2D eigenvalue weighted by atomic mass is 10.0. The van der Waals surface area contributed by atoms with Crippen LogP contribution < -0.4 is 14.8 Å². The van der Waals surface area contributed by atoms with E-state index in [0.29, 0.717) is 17.2 Å². The van der Waals surface area contributed by atoms with Crippen LogP contribution in [0.15, 0.2) is 18.2 Å². The standard InChI is InChI=1S/C17H27NO3/c1-5-6-7-8-9-13(2)17(19)18-15-11-10-14(20-3)12-16(15)21-4/h10-13H,5-9H2,1-4H3,(H,18,19). The van der Waals surface area contributed by atoms with Crippen molar-refractivity contribution in [3.63, 3.8) is 0 Å². The Kier molecular flexibility index (Phi) is 7.65. The van der Waals surface area contributed by atoms with Crippen LogP contribution in [0.3, 0.4) is 0 Å². The summed E-state index contributed by atoms with van der Waals surface area (Å²) in [6, 6.07) is 5.38. The van der Waals surface area contributed by atoms with Crippen LogP contribution in [0.1, 0.15) is 46.0 Å². The predicted molar refractivity (Wildman–Crippen MR) is 86.1 cm³/mol. The highest BCUT2D eigenvalue weighted by Crippen LogP contribution is 2.29. The summed E-state index contributed by atoms with van der Waals surface area (Å²) in [5.41, 5.74) is 0.684. The fourth-order valence-corrected chi connectivity index (χ4v) is 2.17. The van der Waals surface area contributed by atoms with Crippen molar-refractivity contribution >= 4 is 11.6 Å². The van der Waals surface area contributed by atoms with Crippen LogP contribution in [-0.2, 0) is 4.79 Å². The molecule has 0 aliphatic rings. The van der Waals surface area contributed by atoms with E-state index >= 15 is 0 Å². The van der Waals surface area contributed by atoms with E-state index in [9.17, 15) is 4.79 Å². The van der Waals surface area contributed by atoms with Gasteiger partial charge in [-0.15, -0.1) is 0 Å². The third-order valence-corrected chi connectivity index (χ3v) is 3.60. The molecule has 0 bridgehead atoms. The Labute approximate surface area is 127 Å². The van der Waals surface area contributed by atoms with Crippen LogP contribution in [0, 0.1) is 5.92 Å². The quantitative estimate of drug-likeness (QED) is 0.692. The number of methoxy groups -OCH3 is 2. The van der Waals surface area contributed by atoms with Gasteiger partial charge in [-0.25, -0.2) is 0 Å². The molecule has 1 amide bonds. The van der Waals surface area contributed by atoms with Gasteiger partial charge in [-0.3, -0.25) is 4.79 Å². The summed E-state index contributed by atoms with van der Waals surface area (Å²) in [5.74, 6) is 1.36. The number of amides is 1. The highest BCUT2D eigenvalue weighted by molar-refractivity contribution is 5.93. The van der Waals surface area contributed by atoms with Crippen LogP contribution in [-0.4, -0.2) is 20.1 Å². The lowest BCUT2D eigenvalue weighted by Gasteiger charge is -2.15. The van der Waals surface area contributed by atoms with Crippen molar-refractivity contribution in [2.75, 3.05) is 19.5 Å². The summed E-state index contributed by atoms with van der Waals surface area (Å²) in [7, 11) is 3.18.